The first-order valence-corrected chi connectivity index (χ1v) is 19.1. The van der Waals surface area contributed by atoms with Crippen LogP contribution >= 0.6 is 0 Å². The number of carbonyl (C=O) groups is 2. The second-order valence-electron chi connectivity index (χ2n) is 13.1. The van der Waals surface area contributed by atoms with Crippen LogP contribution in [-0.4, -0.2) is 51.2 Å². The SMILES string of the molecule is CCCCCCCCCCCCCC/C=C/C(O)C(=O)N[C@@H](CO[Si](c1ccccc1)(c1ccccc1)C(C)(C)C)C(=O)OC. The molecule has 2 rings (SSSR count). The number of methoxy groups -OCH3 is 1. The number of aliphatic hydroxyl groups excluding tert-OH is 1. The van der Waals surface area contributed by atoms with Crippen molar-refractivity contribution in [3.05, 3.63) is 72.8 Å². The number of ether oxygens (including phenoxy) is 1. The summed E-state index contributed by atoms with van der Waals surface area (Å²) >= 11 is 0. The topological polar surface area (TPSA) is 84.9 Å². The van der Waals surface area contributed by atoms with Crippen molar-refractivity contribution in [1.82, 2.24) is 5.32 Å². The summed E-state index contributed by atoms with van der Waals surface area (Å²) in [6.07, 6.45) is 18.3. The number of benzene rings is 2. The van der Waals surface area contributed by atoms with Gasteiger partial charge in [-0.3, -0.25) is 4.79 Å². The van der Waals surface area contributed by atoms with Crippen LogP contribution in [0.25, 0.3) is 0 Å². The highest BCUT2D eigenvalue weighted by molar-refractivity contribution is 6.99. The zero-order valence-electron chi connectivity index (χ0n) is 28.6. The normalized spacial score (nSPS) is 13.5. The molecule has 0 bridgehead atoms. The average Bonchev–Trinajstić information content (AvgIpc) is 3.04. The van der Waals surface area contributed by atoms with Gasteiger partial charge in [0, 0.05) is 0 Å². The van der Waals surface area contributed by atoms with Gasteiger partial charge in [0.2, 0.25) is 0 Å². The van der Waals surface area contributed by atoms with Crippen molar-refractivity contribution < 1.29 is 23.9 Å². The van der Waals surface area contributed by atoms with E-state index in [1.807, 2.05) is 42.5 Å². The first kappa shape index (κ1) is 38.4. The van der Waals surface area contributed by atoms with Crippen LogP contribution in [0.1, 0.15) is 111 Å². The van der Waals surface area contributed by atoms with Gasteiger partial charge in [0.15, 0.2) is 6.10 Å². The van der Waals surface area contributed by atoms with Gasteiger partial charge in [0.25, 0.3) is 14.2 Å². The van der Waals surface area contributed by atoms with Crippen LogP contribution in [0.15, 0.2) is 72.8 Å². The molecule has 1 amide bonds. The molecule has 0 fully saturated rings. The van der Waals surface area contributed by atoms with E-state index in [1.54, 1.807) is 0 Å². The predicted octanol–water partition coefficient (Wildman–Crippen LogP) is 7.23. The zero-order valence-corrected chi connectivity index (χ0v) is 29.6. The minimum atomic E-state index is -2.94. The highest BCUT2D eigenvalue weighted by Gasteiger charge is 2.50. The minimum absolute atomic E-state index is 0.0824. The van der Waals surface area contributed by atoms with Gasteiger partial charge in [-0.1, -0.05) is 171 Å². The van der Waals surface area contributed by atoms with Gasteiger partial charge in [-0.05, 0) is 28.3 Å². The fraction of sp³-hybridized carbons (Fsp3) is 0.579. The number of allylic oxidation sites excluding steroid dienone is 1. The Kier molecular flexibility index (Phi) is 18.0. The van der Waals surface area contributed by atoms with Crippen molar-refractivity contribution in [2.75, 3.05) is 13.7 Å². The lowest BCUT2D eigenvalue weighted by Gasteiger charge is -2.43. The molecule has 0 aliphatic heterocycles. The fourth-order valence-corrected chi connectivity index (χ4v) is 10.5. The minimum Gasteiger partial charge on any atom is -0.467 e. The number of carbonyl (C=O) groups excluding carboxylic acids is 2. The highest BCUT2D eigenvalue weighted by atomic mass is 28.4. The van der Waals surface area contributed by atoms with Gasteiger partial charge in [-0.25, -0.2) is 4.79 Å². The van der Waals surface area contributed by atoms with Gasteiger partial charge in [0.05, 0.1) is 13.7 Å². The van der Waals surface area contributed by atoms with Gasteiger partial charge < -0.3 is 19.6 Å². The maximum atomic E-state index is 12.9. The van der Waals surface area contributed by atoms with E-state index in [-0.39, 0.29) is 11.6 Å². The first-order valence-electron chi connectivity index (χ1n) is 17.1. The number of unbranched alkanes of at least 4 members (excludes halogenated alkanes) is 12. The number of hydrogen-bond donors (Lipinski definition) is 2. The van der Waals surface area contributed by atoms with E-state index >= 15 is 0 Å². The number of aliphatic hydroxyl groups is 1. The van der Waals surface area contributed by atoms with E-state index in [1.165, 1.54) is 77.4 Å². The summed E-state index contributed by atoms with van der Waals surface area (Å²) in [7, 11) is -1.65. The molecule has 45 heavy (non-hydrogen) atoms. The third-order valence-corrected chi connectivity index (χ3v) is 13.5. The number of hydrogen-bond acceptors (Lipinski definition) is 5. The van der Waals surface area contributed by atoms with Crippen molar-refractivity contribution in [3.63, 3.8) is 0 Å². The summed E-state index contributed by atoms with van der Waals surface area (Å²) in [6, 6.07) is 19.1. The van der Waals surface area contributed by atoms with E-state index < -0.39 is 32.3 Å². The summed E-state index contributed by atoms with van der Waals surface area (Å²) in [5, 5.41) is 15.1. The van der Waals surface area contributed by atoms with Crippen molar-refractivity contribution in [3.8, 4) is 0 Å². The summed E-state index contributed by atoms with van der Waals surface area (Å²) < 4.78 is 11.9. The third kappa shape index (κ3) is 12.9. The number of rotatable bonds is 22. The van der Waals surface area contributed by atoms with Gasteiger partial charge in [-0.15, -0.1) is 0 Å². The number of esters is 1. The molecular weight excluding hydrogens is 579 g/mol. The Balaban J connectivity index is 1.91. The second kappa shape index (κ2) is 21.1. The van der Waals surface area contributed by atoms with Crippen molar-refractivity contribution >= 4 is 30.6 Å². The Bertz CT molecular complexity index is 1080. The van der Waals surface area contributed by atoms with Crippen LogP contribution in [0.3, 0.4) is 0 Å². The van der Waals surface area contributed by atoms with E-state index in [9.17, 15) is 14.7 Å². The molecule has 0 radical (unpaired) electrons. The van der Waals surface area contributed by atoms with Crippen molar-refractivity contribution in [2.24, 2.45) is 0 Å². The average molecular weight is 638 g/mol. The largest absolute Gasteiger partial charge is 0.467 e. The van der Waals surface area contributed by atoms with E-state index in [0.29, 0.717) is 0 Å². The predicted molar refractivity (Wildman–Crippen MR) is 188 cm³/mol. The first-order chi connectivity index (χ1) is 21.7. The standard InChI is InChI=1S/C38H59NO5Si/c1-6-7-8-9-10-11-12-13-14-15-16-17-18-25-30-35(40)36(41)39-34(37(42)43-5)31-44-45(38(2,3)4,32-26-21-19-22-27-32)33-28-23-20-24-29-33/h19-30,34-35,40H,6-18,31H2,1-5H3,(H,39,41)/b30-25+/t34-,35?/m0/s1. The Morgan fingerprint density at radius 2 is 1.27 bits per heavy atom. The molecule has 2 aromatic carbocycles. The summed E-state index contributed by atoms with van der Waals surface area (Å²) in [4.78, 5) is 25.7. The van der Waals surface area contributed by atoms with Crippen LogP contribution in [0.4, 0.5) is 0 Å². The van der Waals surface area contributed by atoms with Gasteiger partial charge in [0.1, 0.15) is 6.04 Å². The monoisotopic (exact) mass is 637 g/mol. The third-order valence-electron chi connectivity index (χ3n) is 8.50. The summed E-state index contributed by atoms with van der Waals surface area (Å²) in [6.45, 7) is 8.62. The molecule has 250 valence electrons. The van der Waals surface area contributed by atoms with E-state index in [4.69, 9.17) is 9.16 Å². The summed E-state index contributed by atoms with van der Waals surface area (Å²) in [5.74, 6) is -1.27. The fourth-order valence-electron chi connectivity index (χ4n) is 5.95. The Hall–Kier alpha value is -2.74. The second-order valence-corrected chi connectivity index (χ2v) is 17.4. The molecule has 6 nitrogen and oxygen atoms in total. The molecule has 1 unspecified atom stereocenters. The summed E-state index contributed by atoms with van der Waals surface area (Å²) in [5.41, 5.74) is 0. The molecule has 2 aromatic rings. The zero-order chi connectivity index (χ0) is 33.0. The molecule has 7 heteroatoms. The maximum absolute atomic E-state index is 12.9. The van der Waals surface area contributed by atoms with Gasteiger partial charge >= 0.3 is 5.97 Å². The number of nitrogens with one attached hydrogen (secondary N) is 1. The quantitative estimate of drug-likeness (QED) is 0.0616. The molecule has 2 atom stereocenters. The lowest BCUT2D eigenvalue weighted by Crippen LogP contribution is -2.67. The van der Waals surface area contributed by atoms with Gasteiger partial charge in [-0.2, -0.15) is 0 Å². The molecule has 0 saturated heterocycles. The van der Waals surface area contributed by atoms with Crippen molar-refractivity contribution in [1.29, 1.82) is 0 Å². The van der Waals surface area contributed by atoms with E-state index in [0.717, 1.165) is 29.6 Å². The molecule has 0 saturated carbocycles. The lowest BCUT2D eigenvalue weighted by molar-refractivity contribution is -0.146. The molecular formula is C38H59NO5Si. The van der Waals surface area contributed by atoms with Crippen LogP contribution in [0, 0.1) is 0 Å². The van der Waals surface area contributed by atoms with E-state index in [2.05, 4.69) is 57.3 Å². The highest BCUT2D eigenvalue weighted by Crippen LogP contribution is 2.36. The van der Waals surface area contributed by atoms with Crippen LogP contribution in [0.5, 0.6) is 0 Å². The molecule has 2 N–H and O–H groups in total. The molecule has 0 spiro atoms. The smallest absolute Gasteiger partial charge is 0.330 e. The van der Waals surface area contributed by atoms with Crippen LogP contribution in [-0.2, 0) is 18.8 Å². The maximum Gasteiger partial charge on any atom is 0.330 e. The molecule has 0 heterocycles. The Morgan fingerprint density at radius 1 is 0.800 bits per heavy atom. The molecule has 0 aromatic heterocycles. The van der Waals surface area contributed by atoms with Crippen LogP contribution < -0.4 is 15.7 Å². The van der Waals surface area contributed by atoms with Crippen molar-refractivity contribution in [2.45, 2.75) is 128 Å². The number of amides is 1. The molecule has 0 aliphatic carbocycles. The Morgan fingerprint density at radius 3 is 1.71 bits per heavy atom. The Labute approximate surface area is 274 Å². The lowest BCUT2D eigenvalue weighted by atomic mass is 10.0. The molecule has 0 aliphatic rings. The van der Waals surface area contributed by atoms with Crippen LogP contribution in [0.2, 0.25) is 5.04 Å².